The summed E-state index contributed by atoms with van der Waals surface area (Å²) in [4.78, 5) is 0. The quantitative estimate of drug-likeness (QED) is 0.0840. The third-order valence-electron chi connectivity index (χ3n) is 7.00. The Balaban J connectivity index is 1.77. The van der Waals surface area contributed by atoms with Crippen molar-refractivity contribution in [3.8, 4) is 0 Å². The number of ether oxygens (including phenoxy) is 1. The van der Waals surface area contributed by atoms with Crippen LogP contribution in [0.1, 0.15) is 109 Å². The van der Waals surface area contributed by atoms with Crippen LogP contribution in [0.4, 0.5) is 0 Å². The second-order valence-electron chi connectivity index (χ2n) is 10.4. The van der Waals surface area contributed by atoms with Gasteiger partial charge in [-0.15, -0.1) is 11.3 Å². The van der Waals surface area contributed by atoms with Crippen LogP contribution in [0.5, 0.6) is 0 Å². The second kappa shape index (κ2) is 19.7. The highest BCUT2D eigenvalue weighted by atomic mass is 32.3. The third kappa shape index (κ3) is 12.4. The molecule has 0 amide bonds. The van der Waals surface area contributed by atoms with Crippen molar-refractivity contribution in [3.63, 3.8) is 0 Å². The Hall–Kier alpha value is -1.37. The largest absolute Gasteiger partial charge is 0.385 e. The molecular formula is C30H51N3O5S3. The molecule has 41 heavy (non-hydrogen) atoms. The van der Waals surface area contributed by atoms with Crippen molar-refractivity contribution >= 4 is 37.6 Å². The molecule has 11 heteroatoms. The van der Waals surface area contributed by atoms with Crippen LogP contribution in [0.3, 0.4) is 0 Å². The summed E-state index contributed by atoms with van der Waals surface area (Å²) in [5.74, 6) is 0. The number of rotatable bonds is 22. The van der Waals surface area contributed by atoms with Gasteiger partial charge < -0.3 is 10.1 Å². The van der Waals surface area contributed by atoms with Gasteiger partial charge in [-0.25, -0.2) is 8.42 Å². The SMILES string of the molecule is CCCCC/C=C/C/C=C/CCCCCCC/C=N/S(=O)(=O)c1cc2c(s1)S(=O)(=O)N(CCCOC)C[C@@H]2NCC. The van der Waals surface area contributed by atoms with Crippen LogP contribution in [0.15, 0.2) is 43.2 Å². The van der Waals surface area contributed by atoms with Crippen LogP contribution in [0.2, 0.25) is 0 Å². The lowest BCUT2D eigenvalue weighted by Crippen LogP contribution is -2.43. The van der Waals surface area contributed by atoms with E-state index in [2.05, 4.69) is 40.9 Å². The number of nitrogens with zero attached hydrogens (tertiary/aromatic N) is 2. The standard InChI is InChI=1S/C30H51N3O5S3/c1-4-6-7-8-9-10-11-12-13-14-15-16-17-18-19-20-22-32-40(34,35)29-25-27-28(31-5-2)26-33(23-21-24-38-3)41(36,37)30(27)39-29/h9-10,12-13,22,25,28,31H,4-8,11,14-21,23-24,26H2,1-3H3/b10-9+,13-12+,32-22+/t28-/m0/s1. The van der Waals surface area contributed by atoms with E-state index in [-0.39, 0.29) is 21.0 Å². The molecule has 1 aromatic rings. The molecule has 0 radical (unpaired) electrons. The van der Waals surface area contributed by atoms with E-state index < -0.39 is 20.0 Å². The van der Waals surface area contributed by atoms with Crippen molar-refractivity contribution in [3.05, 3.63) is 35.9 Å². The Morgan fingerprint density at radius 1 is 1.00 bits per heavy atom. The van der Waals surface area contributed by atoms with Gasteiger partial charge >= 0.3 is 0 Å². The first-order valence-electron chi connectivity index (χ1n) is 15.2. The Labute approximate surface area is 253 Å². The van der Waals surface area contributed by atoms with Crippen LogP contribution in [0.25, 0.3) is 0 Å². The van der Waals surface area contributed by atoms with Gasteiger partial charge in [0.25, 0.3) is 20.0 Å². The molecule has 2 rings (SSSR count). The number of thiophene rings is 1. The Kier molecular flexibility index (Phi) is 17.3. The van der Waals surface area contributed by atoms with Crippen molar-refractivity contribution in [2.24, 2.45) is 4.40 Å². The van der Waals surface area contributed by atoms with Gasteiger partial charge in [0.2, 0.25) is 0 Å². The summed E-state index contributed by atoms with van der Waals surface area (Å²) in [5, 5.41) is 3.30. The van der Waals surface area contributed by atoms with E-state index in [1.54, 1.807) is 7.11 Å². The minimum Gasteiger partial charge on any atom is -0.385 e. The van der Waals surface area contributed by atoms with Gasteiger partial charge in [-0.05, 0) is 64.0 Å². The van der Waals surface area contributed by atoms with Crippen molar-refractivity contribution in [1.82, 2.24) is 9.62 Å². The van der Waals surface area contributed by atoms with E-state index in [9.17, 15) is 16.8 Å². The molecule has 0 bridgehead atoms. The molecule has 0 aromatic carbocycles. The number of fused-ring (bicyclic) bond motifs is 1. The third-order valence-corrected chi connectivity index (χ3v) is 12.3. The molecule has 0 saturated carbocycles. The average Bonchev–Trinajstić information content (AvgIpc) is 3.41. The minimum atomic E-state index is -3.96. The number of hydrogen-bond donors (Lipinski definition) is 1. The zero-order valence-corrected chi connectivity index (χ0v) is 27.7. The van der Waals surface area contributed by atoms with Gasteiger partial charge in [0.15, 0.2) is 0 Å². The highest BCUT2D eigenvalue weighted by molar-refractivity contribution is 7.94. The zero-order chi connectivity index (χ0) is 30.0. The number of sulfonamides is 2. The maximum absolute atomic E-state index is 13.2. The summed E-state index contributed by atoms with van der Waals surface area (Å²) in [6, 6.07) is 1.22. The fraction of sp³-hybridized carbons (Fsp3) is 0.700. The minimum absolute atomic E-state index is 0.0241. The van der Waals surface area contributed by atoms with Gasteiger partial charge in [0.05, 0.1) is 0 Å². The molecule has 1 aliphatic rings. The van der Waals surface area contributed by atoms with Crippen LogP contribution in [-0.4, -0.2) is 60.7 Å². The molecule has 1 atom stereocenters. The summed E-state index contributed by atoms with van der Waals surface area (Å²) >= 11 is 0.799. The number of allylic oxidation sites excluding steroid dienone is 4. The number of likely N-dealkylation sites (N-methyl/N-ethyl adjacent to an activating group) is 1. The maximum atomic E-state index is 13.2. The van der Waals surface area contributed by atoms with Gasteiger partial charge in [0.1, 0.15) is 8.42 Å². The number of unbranched alkanes of at least 4 members (excludes halogenated alkanes) is 9. The Bertz CT molecular complexity index is 1170. The predicted molar refractivity (Wildman–Crippen MR) is 171 cm³/mol. The van der Waals surface area contributed by atoms with Gasteiger partial charge in [0, 0.05) is 44.6 Å². The average molecular weight is 630 g/mol. The Morgan fingerprint density at radius 3 is 2.32 bits per heavy atom. The van der Waals surface area contributed by atoms with Crippen LogP contribution >= 0.6 is 11.3 Å². The molecule has 0 spiro atoms. The lowest BCUT2D eigenvalue weighted by molar-refractivity contribution is 0.185. The van der Waals surface area contributed by atoms with E-state index in [1.807, 2.05) is 6.92 Å². The fourth-order valence-electron chi connectivity index (χ4n) is 4.72. The van der Waals surface area contributed by atoms with Crippen LogP contribution < -0.4 is 5.32 Å². The number of hydrogen-bond acceptors (Lipinski definition) is 7. The topological polar surface area (TPSA) is 105 Å². The molecule has 8 nitrogen and oxygen atoms in total. The van der Waals surface area contributed by atoms with Crippen LogP contribution in [0, 0.1) is 0 Å². The van der Waals surface area contributed by atoms with Gasteiger partial charge in [-0.2, -0.15) is 17.1 Å². The van der Waals surface area contributed by atoms with E-state index >= 15 is 0 Å². The first kappa shape index (κ1) is 35.8. The molecule has 2 heterocycles. The molecule has 234 valence electrons. The van der Waals surface area contributed by atoms with Crippen LogP contribution in [-0.2, 0) is 24.8 Å². The number of methoxy groups -OCH3 is 1. The monoisotopic (exact) mass is 629 g/mol. The maximum Gasteiger partial charge on any atom is 0.291 e. The van der Waals surface area contributed by atoms with Crippen molar-refractivity contribution < 1.29 is 21.6 Å². The summed E-state index contributed by atoms with van der Waals surface area (Å²) < 4.78 is 62.8. The summed E-state index contributed by atoms with van der Waals surface area (Å²) in [5.41, 5.74) is 0.516. The van der Waals surface area contributed by atoms with E-state index in [0.29, 0.717) is 38.1 Å². The van der Waals surface area contributed by atoms with Crippen molar-refractivity contribution in [1.29, 1.82) is 0 Å². The summed E-state index contributed by atoms with van der Waals surface area (Å²) in [6.45, 7) is 5.85. The van der Waals surface area contributed by atoms with E-state index in [4.69, 9.17) is 4.74 Å². The Morgan fingerprint density at radius 2 is 1.66 bits per heavy atom. The molecule has 0 aliphatic carbocycles. The lowest BCUT2D eigenvalue weighted by Gasteiger charge is -2.32. The zero-order valence-electron chi connectivity index (χ0n) is 25.2. The molecule has 1 aliphatic heterocycles. The van der Waals surface area contributed by atoms with E-state index in [1.165, 1.54) is 48.7 Å². The molecule has 0 fully saturated rings. The smallest absolute Gasteiger partial charge is 0.291 e. The molecule has 1 N–H and O–H groups in total. The summed E-state index contributed by atoms with van der Waals surface area (Å²) in [7, 11) is -6.15. The molecule has 0 saturated heterocycles. The summed E-state index contributed by atoms with van der Waals surface area (Å²) in [6.07, 6.45) is 24.2. The molecule has 0 unspecified atom stereocenters. The first-order valence-corrected chi connectivity index (χ1v) is 18.9. The highest BCUT2D eigenvalue weighted by Gasteiger charge is 2.39. The van der Waals surface area contributed by atoms with Crippen molar-refractivity contribution in [2.75, 3.05) is 33.4 Å². The number of nitrogens with one attached hydrogen (secondary N) is 1. The van der Waals surface area contributed by atoms with Gasteiger partial charge in [-0.1, -0.05) is 70.3 Å². The molecule has 1 aromatic heterocycles. The lowest BCUT2D eigenvalue weighted by atomic mass is 10.1. The first-order chi connectivity index (χ1) is 19.8. The fourth-order valence-corrected chi connectivity index (χ4v) is 9.50. The van der Waals surface area contributed by atoms with Gasteiger partial charge in [-0.3, -0.25) is 0 Å². The normalized spacial score (nSPS) is 17.8. The second-order valence-corrected chi connectivity index (χ2v) is 15.5. The molecular weight excluding hydrogens is 579 g/mol. The highest BCUT2D eigenvalue weighted by Crippen LogP contribution is 2.40. The van der Waals surface area contributed by atoms with E-state index in [0.717, 1.165) is 49.9 Å². The predicted octanol–water partition coefficient (Wildman–Crippen LogP) is 7.01. The van der Waals surface area contributed by atoms with Crippen molar-refractivity contribution in [2.45, 2.75) is 112 Å².